The lowest BCUT2D eigenvalue weighted by atomic mass is 10.1. The number of nitrogens with zero attached hydrogens (tertiary/aromatic N) is 4. The van der Waals surface area contributed by atoms with Crippen molar-refractivity contribution in [2.24, 2.45) is 7.05 Å². The molecule has 1 aromatic carbocycles. The van der Waals surface area contributed by atoms with Crippen molar-refractivity contribution in [3.63, 3.8) is 0 Å². The number of aryl methyl sites for hydroxylation is 2. The van der Waals surface area contributed by atoms with Gasteiger partial charge in [0, 0.05) is 75.4 Å². The summed E-state index contributed by atoms with van der Waals surface area (Å²) in [7, 11) is 3.61. The van der Waals surface area contributed by atoms with Crippen LogP contribution < -0.4 is 10.2 Å². The summed E-state index contributed by atoms with van der Waals surface area (Å²) in [6, 6.07) is 10.2. The molecule has 8 nitrogen and oxygen atoms in total. The zero-order valence-corrected chi connectivity index (χ0v) is 17.4. The van der Waals surface area contributed by atoms with Crippen molar-refractivity contribution in [3.05, 3.63) is 36.5 Å². The fourth-order valence-corrected chi connectivity index (χ4v) is 3.95. The van der Waals surface area contributed by atoms with Crippen molar-refractivity contribution in [1.29, 1.82) is 0 Å². The number of hydrogen-bond acceptors (Lipinski definition) is 4. The maximum atomic E-state index is 12.8. The molecule has 1 N–H and O–H groups in total. The predicted molar refractivity (Wildman–Crippen MR) is 115 cm³/mol. The second-order valence-electron chi connectivity index (χ2n) is 7.52. The highest BCUT2D eigenvalue weighted by atomic mass is 16.5. The van der Waals surface area contributed by atoms with Crippen molar-refractivity contribution in [2.75, 3.05) is 31.7 Å². The van der Waals surface area contributed by atoms with Crippen molar-refractivity contribution < 1.29 is 14.3 Å². The summed E-state index contributed by atoms with van der Waals surface area (Å²) in [6.45, 7) is 2.34. The van der Waals surface area contributed by atoms with E-state index in [9.17, 15) is 9.59 Å². The maximum Gasteiger partial charge on any atom is 0.228 e. The van der Waals surface area contributed by atoms with Crippen LogP contribution in [-0.2, 0) is 27.9 Å². The minimum atomic E-state index is -0.137. The Morgan fingerprint density at radius 1 is 1.20 bits per heavy atom. The van der Waals surface area contributed by atoms with Crippen LogP contribution in [0, 0.1) is 0 Å². The van der Waals surface area contributed by atoms with Crippen LogP contribution in [0.3, 0.4) is 0 Å². The number of para-hydroxylation sites is 1. The van der Waals surface area contributed by atoms with E-state index < -0.39 is 0 Å². The fraction of sp³-hybridized carbons (Fsp3) is 0.409. The smallest absolute Gasteiger partial charge is 0.228 e. The minimum absolute atomic E-state index is 0.0535. The summed E-state index contributed by atoms with van der Waals surface area (Å²) < 4.78 is 8.91. The fourth-order valence-electron chi connectivity index (χ4n) is 3.95. The number of methoxy groups -OCH3 is 1. The van der Waals surface area contributed by atoms with Crippen LogP contribution in [0.1, 0.15) is 19.3 Å². The normalized spacial score (nSPS) is 13.5. The Balaban J connectivity index is 1.51. The van der Waals surface area contributed by atoms with E-state index in [1.165, 1.54) is 0 Å². The summed E-state index contributed by atoms with van der Waals surface area (Å²) in [4.78, 5) is 26.5. The van der Waals surface area contributed by atoms with Gasteiger partial charge in [-0.05, 0) is 12.5 Å². The number of carbonyl (C=O) groups excluding carboxylic acids is 2. The Morgan fingerprint density at radius 3 is 2.87 bits per heavy atom. The van der Waals surface area contributed by atoms with Crippen LogP contribution in [0.2, 0.25) is 0 Å². The average molecular weight is 409 g/mol. The molecule has 8 heteroatoms. The third-order valence-electron chi connectivity index (χ3n) is 5.46. The summed E-state index contributed by atoms with van der Waals surface area (Å²) in [5.41, 5.74) is 3.06. The number of amides is 2. The first kappa shape index (κ1) is 20.2. The number of hydrogen-bond donors (Lipinski definition) is 1. The molecule has 0 unspecified atom stereocenters. The van der Waals surface area contributed by atoms with Crippen LogP contribution in [0.5, 0.6) is 0 Å². The molecule has 2 aromatic heterocycles. The molecule has 0 radical (unpaired) electrons. The second kappa shape index (κ2) is 8.71. The van der Waals surface area contributed by atoms with Gasteiger partial charge in [0.1, 0.15) is 5.82 Å². The SMILES string of the molecule is COCCNC(=O)CCC(=O)N1CCCn2nc(-c3cn(C)c4ccccc34)cc21. The molecule has 158 valence electrons. The monoisotopic (exact) mass is 409 g/mol. The number of anilines is 1. The van der Waals surface area contributed by atoms with E-state index in [0.717, 1.165) is 40.9 Å². The summed E-state index contributed by atoms with van der Waals surface area (Å²) in [5, 5.41) is 8.67. The van der Waals surface area contributed by atoms with Gasteiger partial charge in [-0.3, -0.25) is 14.5 Å². The maximum absolute atomic E-state index is 12.8. The first-order valence-electron chi connectivity index (χ1n) is 10.3. The molecule has 0 saturated heterocycles. The molecule has 2 amide bonds. The highest BCUT2D eigenvalue weighted by Crippen LogP contribution is 2.33. The minimum Gasteiger partial charge on any atom is -0.383 e. The van der Waals surface area contributed by atoms with E-state index in [1.807, 2.05) is 29.9 Å². The van der Waals surface area contributed by atoms with Gasteiger partial charge in [-0.2, -0.15) is 5.10 Å². The van der Waals surface area contributed by atoms with Gasteiger partial charge in [-0.25, -0.2) is 4.68 Å². The standard InChI is InChI=1S/C22H27N5O3/c1-25-15-17(16-6-3-4-7-19(16)25)18-14-21-26(11-5-12-27(21)24-18)22(29)9-8-20(28)23-10-13-30-2/h3-4,6-7,14-15H,5,8-13H2,1-2H3,(H,23,28). The molecule has 0 fully saturated rings. The predicted octanol–water partition coefficient (Wildman–Crippen LogP) is 2.32. The van der Waals surface area contributed by atoms with Crippen LogP contribution in [0.4, 0.5) is 5.82 Å². The van der Waals surface area contributed by atoms with E-state index in [4.69, 9.17) is 9.84 Å². The Kier molecular flexibility index (Phi) is 5.85. The third kappa shape index (κ3) is 3.95. The Morgan fingerprint density at radius 2 is 2.03 bits per heavy atom. The van der Waals surface area contributed by atoms with E-state index >= 15 is 0 Å². The van der Waals surface area contributed by atoms with Crippen LogP contribution in [0.15, 0.2) is 36.5 Å². The zero-order valence-electron chi connectivity index (χ0n) is 17.4. The van der Waals surface area contributed by atoms with Crippen molar-refractivity contribution >= 4 is 28.5 Å². The molecular weight excluding hydrogens is 382 g/mol. The molecule has 4 rings (SSSR count). The molecule has 30 heavy (non-hydrogen) atoms. The number of ether oxygens (including phenoxy) is 1. The average Bonchev–Trinajstić information content (AvgIpc) is 3.33. The molecule has 0 saturated carbocycles. The van der Waals surface area contributed by atoms with Gasteiger partial charge in [0.2, 0.25) is 11.8 Å². The number of fused-ring (bicyclic) bond motifs is 2. The van der Waals surface area contributed by atoms with E-state index in [0.29, 0.717) is 19.7 Å². The molecule has 0 spiro atoms. The first-order chi connectivity index (χ1) is 14.6. The van der Waals surface area contributed by atoms with Gasteiger partial charge in [0.25, 0.3) is 0 Å². The molecule has 0 aliphatic carbocycles. The summed E-state index contributed by atoms with van der Waals surface area (Å²) in [6.07, 6.45) is 3.27. The molecule has 1 aliphatic heterocycles. The summed E-state index contributed by atoms with van der Waals surface area (Å²) >= 11 is 0. The lowest BCUT2D eigenvalue weighted by Crippen LogP contribution is -2.38. The van der Waals surface area contributed by atoms with Crippen molar-refractivity contribution in [2.45, 2.75) is 25.8 Å². The zero-order chi connectivity index (χ0) is 21.1. The Labute approximate surface area is 175 Å². The van der Waals surface area contributed by atoms with Gasteiger partial charge in [-0.15, -0.1) is 0 Å². The highest BCUT2D eigenvalue weighted by Gasteiger charge is 2.26. The number of aromatic nitrogens is 3. The van der Waals surface area contributed by atoms with Crippen LogP contribution in [-0.4, -0.2) is 53.0 Å². The van der Waals surface area contributed by atoms with E-state index in [2.05, 4.69) is 28.2 Å². The number of nitrogens with one attached hydrogen (secondary N) is 1. The van der Waals surface area contributed by atoms with Crippen molar-refractivity contribution in [1.82, 2.24) is 19.7 Å². The highest BCUT2D eigenvalue weighted by molar-refractivity contribution is 5.98. The first-order valence-corrected chi connectivity index (χ1v) is 10.3. The van der Waals surface area contributed by atoms with Gasteiger partial charge in [0.05, 0.1) is 12.3 Å². The lowest BCUT2D eigenvalue weighted by molar-refractivity contribution is -0.125. The van der Waals surface area contributed by atoms with Crippen LogP contribution in [0.25, 0.3) is 22.2 Å². The lowest BCUT2D eigenvalue weighted by Gasteiger charge is -2.27. The summed E-state index contributed by atoms with van der Waals surface area (Å²) in [5.74, 6) is 0.610. The quantitative estimate of drug-likeness (QED) is 0.607. The van der Waals surface area contributed by atoms with E-state index in [1.54, 1.807) is 12.0 Å². The number of rotatable bonds is 7. The Hall–Kier alpha value is -3.13. The molecule has 0 bridgehead atoms. The van der Waals surface area contributed by atoms with E-state index in [-0.39, 0.29) is 24.7 Å². The molecular formula is C22H27N5O3. The van der Waals surface area contributed by atoms with Crippen molar-refractivity contribution in [3.8, 4) is 11.3 Å². The van der Waals surface area contributed by atoms with Gasteiger partial charge in [-0.1, -0.05) is 18.2 Å². The van der Waals surface area contributed by atoms with Gasteiger partial charge >= 0.3 is 0 Å². The molecule has 0 atom stereocenters. The number of carbonyl (C=O) groups is 2. The molecule has 1 aliphatic rings. The number of benzene rings is 1. The van der Waals surface area contributed by atoms with Gasteiger partial charge in [0.15, 0.2) is 0 Å². The Bertz CT molecular complexity index is 1070. The molecule has 3 aromatic rings. The second-order valence-corrected chi connectivity index (χ2v) is 7.52. The topological polar surface area (TPSA) is 81.4 Å². The third-order valence-corrected chi connectivity index (χ3v) is 5.46. The largest absolute Gasteiger partial charge is 0.383 e. The van der Waals surface area contributed by atoms with Crippen LogP contribution >= 0.6 is 0 Å². The van der Waals surface area contributed by atoms with Gasteiger partial charge < -0.3 is 14.6 Å². The molecule has 3 heterocycles.